The first-order valence-electron chi connectivity index (χ1n) is 32.3. The van der Waals surface area contributed by atoms with Crippen LogP contribution in [-0.2, 0) is 28.6 Å². The van der Waals surface area contributed by atoms with Crippen molar-refractivity contribution >= 4 is 17.9 Å². The quantitative estimate of drug-likeness (QED) is 0.0261. The van der Waals surface area contributed by atoms with Crippen LogP contribution in [0.1, 0.15) is 361 Å². The molecule has 0 N–H and O–H groups in total. The number of esters is 3. The van der Waals surface area contributed by atoms with E-state index in [1.807, 2.05) is 0 Å². The number of carbonyl (C=O) groups is 3. The topological polar surface area (TPSA) is 78.9 Å². The Hall–Kier alpha value is -2.11. The number of rotatable bonds is 60. The van der Waals surface area contributed by atoms with Gasteiger partial charge in [-0.1, -0.05) is 321 Å². The van der Waals surface area contributed by atoms with Crippen LogP contribution in [0.15, 0.2) is 24.3 Å². The zero-order chi connectivity index (χ0) is 52.2. The Bertz CT molecular complexity index is 1160. The lowest BCUT2D eigenvalue weighted by atomic mass is 10.0. The van der Waals surface area contributed by atoms with Crippen LogP contribution >= 0.6 is 0 Å². The molecule has 6 heteroatoms. The van der Waals surface area contributed by atoms with Gasteiger partial charge in [0.05, 0.1) is 0 Å². The Kier molecular flexibility index (Phi) is 59.6. The normalized spacial score (nSPS) is 12.1. The lowest BCUT2D eigenvalue weighted by molar-refractivity contribution is -0.167. The van der Waals surface area contributed by atoms with Crippen molar-refractivity contribution in [2.24, 2.45) is 0 Å². The number of allylic oxidation sites excluding steroid dienone is 4. The van der Waals surface area contributed by atoms with Crippen LogP contribution in [-0.4, -0.2) is 37.2 Å². The van der Waals surface area contributed by atoms with Crippen molar-refractivity contribution < 1.29 is 28.6 Å². The Morgan fingerprint density at radius 3 is 0.819 bits per heavy atom. The maximum Gasteiger partial charge on any atom is 0.306 e. The fourth-order valence-electron chi connectivity index (χ4n) is 9.84. The van der Waals surface area contributed by atoms with Gasteiger partial charge < -0.3 is 14.2 Å². The van der Waals surface area contributed by atoms with Gasteiger partial charge in [0.15, 0.2) is 6.10 Å². The summed E-state index contributed by atoms with van der Waals surface area (Å²) in [5, 5.41) is 0. The van der Waals surface area contributed by atoms with Gasteiger partial charge >= 0.3 is 17.9 Å². The monoisotopic (exact) mass is 1010 g/mol. The molecule has 0 saturated heterocycles. The Morgan fingerprint density at radius 2 is 0.528 bits per heavy atom. The molecule has 0 bridgehead atoms. The molecule has 0 aliphatic heterocycles. The van der Waals surface area contributed by atoms with Gasteiger partial charge in [-0.15, -0.1) is 0 Å². The van der Waals surface area contributed by atoms with Crippen LogP contribution in [0.5, 0.6) is 0 Å². The first kappa shape index (κ1) is 69.9. The number of unbranched alkanes of at least 4 members (excludes halogenated alkanes) is 45. The molecule has 0 spiro atoms. The molecule has 1 atom stereocenters. The third-order valence-corrected chi connectivity index (χ3v) is 14.7. The minimum absolute atomic E-state index is 0.0696. The van der Waals surface area contributed by atoms with Gasteiger partial charge in [-0.2, -0.15) is 0 Å². The maximum atomic E-state index is 12.9. The highest BCUT2D eigenvalue weighted by molar-refractivity contribution is 5.71. The van der Waals surface area contributed by atoms with Crippen molar-refractivity contribution in [1.82, 2.24) is 0 Å². The Morgan fingerprint density at radius 1 is 0.278 bits per heavy atom. The van der Waals surface area contributed by atoms with E-state index < -0.39 is 6.10 Å². The second-order valence-corrected chi connectivity index (χ2v) is 22.0. The number of hydrogen-bond donors (Lipinski definition) is 0. The molecule has 6 nitrogen and oxygen atoms in total. The predicted molar refractivity (Wildman–Crippen MR) is 312 cm³/mol. The van der Waals surface area contributed by atoms with Crippen LogP contribution in [0.2, 0.25) is 0 Å². The van der Waals surface area contributed by atoms with Gasteiger partial charge in [-0.3, -0.25) is 14.4 Å². The summed E-state index contributed by atoms with van der Waals surface area (Å²) in [5.74, 6) is -0.856. The van der Waals surface area contributed by atoms with E-state index in [4.69, 9.17) is 14.2 Å². The van der Waals surface area contributed by atoms with Gasteiger partial charge in [0.25, 0.3) is 0 Å². The highest BCUT2D eigenvalue weighted by Gasteiger charge is 2.19. The van der Waals surface area contributed by atoms with Gasteiger partial charge in [0, 0.05) is 19.3 Å². The maximum absolute atomic E-state index is 12.9. The first-order valence-corrected chi connectivity index (χ1v) is 32.3. The lowest BCUT2D eigenvalue weighted by Crippen LogP contribution is -2.30. The summed E-state index contributed by atoms with van der Waals surface area (Å²) in [6, 6.07) is 0. The summed E-state index contributed by atoms with van der Waals surface area (Å²) in [4.78, 5) is 38.3. The van der Waals surface area contributed by atoms with E-state index in [1.54, 1.807) is 0 Å². The minimum atomic E-state index is -0.773. The minimum Gasteiger partial charge on any atom is -0.462 e. The molecule has 0 aliphatic rings. The third kappa shape index (κ3) is 58.8. The zero-order valence-electron chi connectivity index (χ0n) is 48.7. The summed E-state index contributed by atoms with van der Waals surface area (Å²) < 4.78 is 16.9. The summed E-state index contributed by atoms with van der Waals surface area (Å²) >= 11 is 0. The molecule has 0 saturated carbocycles. The van der Waals surface area contributed by atoms with E-state index in [0.717, 1.165) is 83.5 Å². The fourth-order valence-corrected chi connectivity index (χ4v) is 9.84. The van der Waals surface area contributed by atoms with Gasteiger partial charge in [-0.25, -0.2) is 0 Å². The molecule has 1 unspecified atom stereocenters. The summed E-state index contributed by atoms with van der Waals surface area (Å²) in [6.07, 6.45) is 73.3. The molecule has 0 amide bonds. The zero-order valence-corrected chi connectivity index (χ0v) is 48.7. The van der Waals surface area contributed by atoms with E-state index in [1.165, 1.54) is 238 Å². The largest absolute Gasteiger partial charge is 0.462 e. The van der Waals surface area contributed by atoms with Crippen LogP contribution in [0.3, 0.4) is 0 Å². The third-order valence-electron chi connectivity index (χ3n) is 14.7. The summed E-state index contributed by atoms with van der Waals surface area (Å²) in [5.41, 5.74) is 0. The van der Waals surface area contributed by atoms with E-state index >= 15 is 0 Å². The molecular formula is C66H124O6. The molecular weight excluding hydrogens is 889 g/mol. The molecule has 424 valence electrons. The average Bonchev–Trinajstić information content (AvgIpc) is 3.38. The molecule has 0 aromatic carbocycles. The molecule has 0 radical (unpaired) electrons. The molecule has 0 aromatic heterocycles. The van der Waals surface area contributed by atoms with Crippen molar-refractivity contribution in [3.63, 3.8) is 0 Å². The molecule has 0 aliphatic carbocycles. The second-order valence-electron chi connectivity index (χ2n) is 22.0. The molecule has 0 rings (SSSR count). The summed E-state index contributed by atoms with van der Waals surface area (Å²) in [6.45, 7) is 6.64. The van der Waals surface area contributed by atoms with Crippen molar-refractivity contribution in [1.29, 1.82) is 0 Å². The van der Waals surface area contributed by atoms with E-state index in [0.29, 0.717) is 19.3 Å². The highest BCUT2D eigenvalue weighted by atomic mass is 16.6. The van der Waals surface area contributed by atoms with Crippen molar-refractivity contribution in [3.8, 4) is 0 Å². The van der Waals surface area contributed by atoms with Crippen molar-refractivity contribution in [2.45, 2.75) is 367 Å². The lowest BCUT2D eigenvalue weighted by Gasteiger charge is -2.18. The van der Waals surface area contributed by atoms with E-state index in [9.17, 15) is 14.4 Å². The highest BCUT2D eigenvalue weighted by Crippen LogP contribution is 2.18. The van der Waals surface area contributed by atoms with Crippen molar-refractivity contribution in [3.05, 3.63) is 24.3 Å². The molecule has 0 aromatic rings. The van der Waals surface area contributed by atoms with Crippen LogP contribution < -0.4 is 0 Å². The number of ether oxygens (including phenoxy) is 3. The summed E-state index contributed by atoms with van der Waals surface area (Å²) in [7, 11) is 0. The standard InChI is InChI=1S/C66H124O6/c1-4-7-10-13-16-19-22-25-27-29-31-32-33-35-36-38-41-44-47-50-53-56-59-65(68)71-62-63(61-70-64(67)58-55-52-49-46-43-40-24-21-18-15-12-9-6-3)72-66(69)60-57-54-51-48-45-42-39-37-34-30-28-26-23-20-17-14-11-8-5-2/h12,15,21,24,63H,4-11,13-14,16-20,22-23,25-62H2,1-3H3/b15-12-,24-21-. The van der Waals surface area contributed by atoms with Crippen LogP contribution in [0.25, 0.3) is 0 Å². The first-order chi connectivity index (χ1) is 35.5. The van der Waals surface area contributed by atoms with E-state index in [-0.39, 0.29) is 31.1 Å². The average molecular weight is 1010 g/mol. The Labute approximate surface area is 449 Å². The van der Waals surface area contributed by atoms with Gasteiger partial charge in [0.2, 0.25) is 0 Å². The molecule has 0 heterocycles. The van der Waals surface area contributed by atoms with Gasteiger partial charge in [0.1, 0.15) is 13.2 Å². The van der Waals surface area contributed by atoms with Crippen LogP contribution in [0.4, 0.5) is 0 Å². The SMILES string of the molecule is CCC/C=C\C/C=C\CCCCCCCC(=O)OCC(COC(=O)CCCCCCCCCCCCCCCCCCCCCCCC)OC(=O)CCCCCCCCCCCCCCCCCCCCC. The number of carbonyl (C=O) groups excluding carboxylic acids is 3. The van der Waals surface area contributed by atoms with Crippen molar-refractivity contribution in [2.75, 3.05) is 13.2 Å². The van der Waals surface area contributed by atoms with Crippen LogP contribution in [0, 0.1) is 0 Å². The molecule has 72 heavy (non-hydrogen) atoms. The van der Waals surface area contributed by atoms with E-state index in [2.05, 4.69) is 45.1 Å². The number of hydrogen-bond acceptors (Lipinski definition) is 6. The Balaban J connectivity index is 4.25. The fraction of sp³-hybridized carbons (Fsp3) is 0.894. The smallest absolute Gasteiger partial charge is 0.306 e. The predicted octanol–water partition coefficient (Wildman–Crippen LogP) is 21.8. The second kappa shape index (κ2) is 61.4. The van der Waals surface area contributed by atoms with Gasteiger partial charge in [-0.05, 0) is 44.9 Å². The molecule has 0 fully saturated rings.